The van der Waals surface area contributed by atoms with Gasteiger partial charge in [0.25, 0.3) is 5.91 Å². The summed E-state index contributed by atoms with van der Waals surface area (Å²) in [4.78, 5) is 43.2. The number of methoxy groups -OCH3 is 1. The number of nitrogens with zero attached hydrogens (tertiary/aromatic N) is 3. The fourth-order valence-electron chi connectivity index (χ4n) is 4.96. The second-order valence-electron chi connectivity index (χ2n) is 8.70. The van der Waals surface area contributed by atoms with Crippen LogP contribution in [0.2, 0.25) is 0 Å². The highest BCUT2D eigenvalue weighted by atomic mass is 16.5. The zero-order chi connectivity index (χ0) is 21.8. The average molecular weight is 429 g/mol. The summed E-state index contributed by atoms with van der Waals surface area (Å²) in [5.74, 6) is 0.825. The standard InChI is InChI=1S/C23H32N4O4/c1-31-19-9-7-18(8-10-19)25-13-5-14-26(17-16-25)20(28)6-4-15-27-21(29)23(24-22(27)30)11-2-3-12-23/h7-10H,2-6,11-17H2,1H3,(H,24,30). The van der Waals surface area contributed by atoms with E-state index in [0.717, 1.165) is 63.2 Å². The van der Waals surface area contributed by atoms with Gasteiger partial charge in [-0.15, -0.1) is 0 Å². The summed E-state index contributed by atoms with van der Waals surface area (Å²) < 4.78 is 5.22. The van der Waals surface area contributed by atoms with Gasteiger partial charge in [-0.25, -0.2) is 4.79 Å². The van der Waals surface area contributed by atoms with Crippen LogP contribution in [0.15, 0.2) is 24.3 Å². The molecule has 8 nitrogen and oxygen atoms in total. The zero-order valence-electron chi connectivity index (χ0n) is 18.3. The van der Waals surface area contributed by atoms with Crippen molar-refractivity contribution >= 4 is 23.5 Å². The smallest absolute Gasteiger partial charge is 0.325 e. The summed E-state index contributed by atoms with van der Waals surface area (Å²) in [6.07, 6.45) is 5.17. The van der Waals surface area contributed by atoms with Crippen molar-refractivity contribution in [2.24, 2.45) is 0 Å². The Bertz CT molecular complexity index is 819. The molecule has 2 saturated heterocycles. The van der Waals surface area contributed by atoms with Crippen LogP contribution < -0.4 is 15.0 Å². The van der Waals surface area contributed by atoms with Gasteiger partial charge < -0.3 is 19.9 Å². The third kappa shape index (κ3) is 4.48. The van der Waals surface area contributed by atoms with Crippen LogP contribution in [-0.4, -0.2) is 73.0 Å². The monoisotopic (exact) mass is 428 g/mol. The number of urea groups is 1. The maximum Gasteiger partial charge on any atom is 0.325 e. The molecular formula is C23H32N4O4. The average Bonchev–Trinajstić information content (AvgIpc) is 3.23. The Labute approximate surface area is 183 Å². The molecule has 2 aliphatic heterocycles. The molecule has 3 fully saturated rings. The molecule has 1 aromatic rings. The largest absolute Gasteiger partial charge is 0.497 e. The van der Waals surface area contributed by atoms with Gasteiger partial charge in [-0.05, 0) is 49.9 Å². The number of imide groups is 1. The molecule has 1 N–H and O–H groups in total. The predicted octanol–water partition coefficient (Wildman–Crippen LogP) is 2.38. The maximum absolute atomic E-state index is 12.8. The number of carbonyl (C=O) groups excluding carboxylic acids is 3. The van der Waals surface area contributed by atoms with Gasteiger partial charge in [0, 0.05) is 44.8 Å². The van der Waals surface area contributed by atoms with E-state index in [2.05, 4.69) is 10.2 Å². The fourth-order valence-corrected chi connectivity index (χ4v) is 4.96. The van der Waals surface area contributed by atoms with Gasteiger partial charge in [-0.2, -0.15) is 0 Å². The topological polar surface area (TPSA) is 82.2 Å². The Morgan fingerprint density at radius 2 is 1.77 bits per heavy atom. The molecule has 0 aromatic heterocycles. The number of hydrogen-bond acceptors (Lipinski definition) is 5. The lowest BCUT2D eigenvalue weighted by Crippen LogP contribution is -2.44. The van der Waals surface area contributed by atoms with Crippen molar-refractivity contribution in [1.82, 2.24) is 15.1 Å². The molecule has 0 radical (unpaired) electrons. The molecule has 31 heavy (non-hydrogen) atoms. The molecule has 1 aliphatic carbocycles. The van der Waals surface area contributed by atoms with Crippen LogP contribution >= 0.6 is 0 Å². The highest BCUT2D eigenvalue weighted by Crippen LogP contribution is 2.35. The van der Waals surface area contributed by atoms with Crippen LogP contribution in [0.3, 0.4) is 0 Å². The molecule has 1 saturated carbocycles. The number of amides is 4. The molecule has 1 spiro atoms. The number of anilines is 1. The molecule has 4 amide bonds. The summed E-state index contributed by atoms with van der Waals surface area (Å²) in [6.45, 7) is 3.41. The van der Waals surface area contributed by atoms with Crippen LogP contribution in [0, 0.1) is 0 Å². The number of nitrogens with one attached hydrogen (secondary N) is 1. The Morgan fingerprint density at radius 1 is 1.03 bits per heavy atom. The zero-order valence-corrected chi connectivity index (χ0v) is 18.3. The van der Waals surface area contributed by atoms with E-state index in [1.807, 2.05) is 29.2 Å². The minimum Gasteiger partial charge on any atom is -0.497 e. The lowest BCUT2D eigenvalue weighted by Gasteiger charge is -2.24. The molecule has 3 aliphatic rings. The number of hydrogen-bond donors (Lipinski definition) is 1. The highest BCUT2D eigenvalue weighted by molar-refractivity contribution is 6.07. The fraction of sp³-hybridized carbons (Fsp3) is 0.609. The summed E-state index contributed by atoms with van der Waals surface area (Å²) in [5.41, 5.74) is 0.464. The summed E-state index contributed by atoms with van der Waals surface area (Å²) in [6, 6.07) is 7.70. The summed E-state index contributed by atoms with van der Waals surface area (Å²) in [7, 11) is 1.66. The van der Waals surface area contributed by atoms with E-state index in [0.29, 0.717) is 25.9 Å². The Kier molecular flexibility index (Phi) is 6.34. The first-order chi connectivity index (χ1) is 15.0. The van der Waals surface area contributed by atoms with Crippen molar-refractivity contribution in [3.8, 4) is 5.75 Å². The van der Waals surface area contributed by atoms with Gasteiger partial charge in [-0.3, -0.25) is 14.5 Å². The van der Waals surface area contributed by atoms with Gasteiger partial charge in [-0.1, -0.05) is 12.8 Å². The van der Waals surface area contributed by atoms with E-state index in [1.54, 1.807) is 7.11 Å². The quantitative estimate of drug-likeness (QED) is 0.704. The van der Waals surface area contributed by atoms with E-state index in [4.69, 9.17) is 4.74 Å². The first-order valence-corrected chi connectivity index (χ1v) is 11.3. The third-order valence-electron chi connectivity index (χ3n) is 6.76. The van der Waals surface area contributed by atoms with Crippen molar-refractivity contribution in [3.63, 3.8) is 0 Å². The molecule has 8 heteroatoms. The van der Waals surface area contributed by atoms with Crippen molar-refractivity contribution in [2.75, 3.05) is 44.7 Å². The van der Waals surface area contributed by atoms with Crippen LogP contribution in [0.25, 0.3) is 0 Å². The molecule has 168 valence electrons. The van der Waals surface area contributed by atoms with Gasteiger partial charge in [0.05, 0.1) is 7.11 Å². The second-order valence-corrected chi connectivity index (χ2v) is 8.70. The van der Waals surface area contributed by atoms with E-state index >= 15 is 0 Å². The number of benzene rings is 1. The van der Waals surface area contributed by atoms with Gasteiger partial charge in [0.15, 0.2) is 0 Å². The maximum atomic E-state index is 12.8. The normalized spacial score (nSPS) is 20.9. The number of carbonyl (C=O) groups is 3. The van der Waals surface area contributed by atoms with E-state index in [-0.39, 0.29) is 17.8 Å². The van der Waals surface area contributed by atoms with E-state index in [9.17, 15) is 14.4 Å². The van der Waals surface area contributed by atoms with Crippen LogP contribution in [-0.2, 0) is 9.59 Å². The number of ether oxygens (including phenoxy) is 1. The Hall–Kier alpha value is -2.77. The van der Waals surface area contributed by atoms with Crippen molar-refractivity contribution < 1.29 is 19.1 Å². The summed E-state index contributed by atoms with van der Waals surface area (Å²) >= 11 is 0. The molecular weight excluding hydrogens is 396 g/mol. The lowest BCUT2D eigenvalue weighted by atomic mass is 9.98. The van der Waals surface area contributed by atoms with Gasteiger partial charge >= 0.3 is 6.03 Å². The number of rotatable bonds is 6. The molecule has 4 rings (SSSR count). The SMILES string of the molecule is COc1ccc(N2CCCN(C(=O)CCCN3C(=O)NC4(CCCC4)C3=O)CC2)cc1. The van der Waals surface area contributed by atoms with Crippen LogP contribution in [0.4, 0.5) is 10.5 Å². The lowest BCUT2D eigenvalue weighted by molar-refractivity contribution is -0.133. The molecule has 1 aromatic carbocycles. The van der Waals surface area contributed by atoms with Gasteiger partial charge in [0.2, 0.25) is 5.91 Å². The van der Waals surface area contributed by atoms with Crippen molar-refractivity contribution in [1.29, 1.82) is 0 Å². The summed E-state index contributed by atoms with van der Waals surface area (Å²) in [5, 5.41) is 2.90. The van der Waals surface area contributed by atoms with E-state index < -0.39 is 5.54 Å². The minimum atomic E-state index is -0.670. The first-order valence-electron chi connectivity index (χ1n) is 11.3. The van der Waals surface area contributed by atoms with Crippen molar-refractivity contribution in [2.45, 2.75) is 50.5 Å². The Morgan fingerprint density at radius 3 is 2.48 bits per heavy atom. The first kappa shape index (κ1) is 21.5. The second kappa shape index (κ2) is 9.16. The highest BCUT2D eigenvalue weighted by Gasteiger charge is 2.52. The molecule has 0 atom stereocenters. The van der Waals surface area contributed by atoms with Crippen LogP contribution in [0.1, 0.15) is 44.9 Å². The van der Waals surface area contributed by atoms with Crippen molar-refractivity contribution in [3.05, 3.63) is 24.3 Å². The minimum absolute atomic E-state index is 0.0965. The molecule has 0 bridgehead atoms. The third-order valence-corrected chi connectivity index (χ3v) is 6.76. The van der Waals surface area contributed by atoms with Crippen LogP contribution in [0.5, 0.6) is 5.75 Å². The van der Waals surface area contributed by atoms with E-state index in [1.165, 1.54) is 4.90 Å². The Balaban J connectivity index is 1.24. The molecule has 2 heterocycles. The predicted molar refractivity (Wildman–Crippen MR) is 117 cm³/mol. The van der Waals surface area contributed by atoms with Gasteiger partial charge in [0.1, 0.15) is 11.3 Å². The molecule has 0 unspecified atom stereocenters.